The van der Waals surface area contributed by atoms with Crippen molar-refractivity contribution in [2.45, 2.75) is 37.6 Å². The molecule has 3 rings (SSSR count). The summed E-state index contributed by atoms with van der Waals surface area (Å²) in [6, 6.07) is 7.07. The van der Waals surface area contributed by atoms with E-state index in [0.29, 0.717) is 6.42 Å². The van der Waals surface area contributed by atoms with Crippen molar-refractivity contribution in [2.24, 2.45) is 0 Å². The van der Waals surface area contributed by atoms with Crippen LogP contribution in [0.4, 0.5) is 5.82 Å². The number of carboxylic acid groups (broad SMARTS) is 1. The van der Waals surface area contributed by atoms with Crippen LogP contribution in [-0.2, 0) is 11.2 Å². The average Bonchev–Trinajstić information content (AvgIpc) is 2.61. The molecule has 1 aromatic carbocycles. The van der Waals surface area contributed by atoms with E-state index in [1.807, 2.05) is 18.2 Å². The first-order chi connectivity index (χ1) is 12.1. The Morgan fingerprint density at radius 3 is 2.80 bits per heavy atom. The van der Waals surface area contributed by atoms with E-state index < -0.39 is 17.9 Å². The average molecular weight is 340 g/mol. The molecular formula is C18H20N4O3. The molecule has 1 aliphatic carbocycles. The van der Waals surface area contributed by atoms with Gasteiger partial charge in [-0.1, -0.05) is 24.3 Å². The van der Waals surface area contributed by atoms with Crippen molar-refractivity contribution in [2.75, 3.05) is 5.73 Å². The molecule has 1 amide bonds. The third kappa shape index (κ3) is 3.76. The van der Waals surface area contributed by atoms with E-state index in [2.05, 4.69) is 21.4 Å². The molecule has 0 radical (unpaired) electrons. The zero-order valence-corrected chi connectivity index (χ0v) is 13.7. The standard InChI is InChI=1S/C18H20N4O3/c19-16-15(20-8-9-21-16)17(23)22-14(18(24)25)10-12-6-3-5-11-4-1-2-7-13(11)12/h1-2,4,7-9,12,14H,3,5-6,10H2,(H2,19,21)(H,22,23)(H,24,25). The number of nitrogen functional groups attached to an aromatic ring is 1. The number of fused-ring (bicyclic) bond motifs is 1. The van der Waals surface area contributed by atoms with E-state index in [4.69, 9.17) is 5.73 Å². The Kier molecular flexibility index (Phi) is 4.92. The molecule has 0 saturated heterocycles. The smallest absolute Gasteiger partial charge is 0.326 e. The highest BCUT2D eigenvalue weighted by Crippen LogP contribution is 2.34. The lowest BCUT2D eigenvalue weighted by Crippen LogP contribution is -2.42. The summed E-state index contributed by atoms with van der Waals surface area (Å²) in [5.74, 6) is -1.61. The lowest BCUT2D eigenvalue weighted by molar-refractivity contribution is -0.139. The molecule has 2 aromatic rings. The van der Waals surface area contributed by atoms with Crippen LogP contribution in [-0.4, -0.2) is 33.0 Å². The summed E-state index contributed by atoms with van der Waals surface area (Å²) in [7, 11) is 0. The second kappa shape index (κ2) is 7.29. The number of benzene rings is 1. The Bertz CT molecular complexity index is 793. The highest BCUT2D eigenvalue weighted by Gasteiger charge is 2.29. The largest absolute Gasteiger partial charge is 0.480 e. The second-order valence-electron chi connectivity index (χ2n) is 6.18. The van der Waals surface area contributed by atoms with Gasteiger partial charge in [0.2, 0.25) is 0 Å². The van der Waals surface area contributed by atoms with Crippen molar-refractivity contribution in [3.63, 3.8) is 0 Å². The molecule has 0 saturated carbocycles. The van der Waals surface area contributed by atoms with Crippen molar-refractivity contribution >= 4 is 17.7 Å². The number of aryl methyl sites for hydroxylation is 1. The van der Waals surface area contributed by atoms with Crippen LogP contribution in [0.1, 0.15) is 46.8 Å². The van der Waals surface area contributed by atoms with Crippen LogP contribution in [0.2, 0.25) is 0 Å². The van der Waals surface area contributed by atoms with Crippen molar-refractivity contribution in [3.8, 4) is 0 Å². The maximum Gasteiger partial charge on any atom is 0.326 e. The predicted molar refractivity (Wildman–Crippen MR) is 92.1 cm³/mol. The molecule has 25 heavy (non-hydrogen) atoms. The number of amides is 1. The summed E-state index contributed by atoms with van der Waals surface area (Å²) in [4.78, 5) is 31.7. The van der Waals surface area contributed by atoms with Gasteiger partial charge in [0, 0.05) is 12.4 Å². The summed E-state index contributed by atoms with van der Waals surface area (Å²) in [5, 5.41) is 12.1. The SMILES string of the molecule is Nc1nccnc1C(=O)NC(CC1CCCc2ccccc21)C(=O)O. The Hall–Kier alpha value is -2.96. The number of rotatable bonds is 5. The first-order valence-corrected chi connectivity index (χ1v) is 8.24. The Morgan fingerprint density at radius 1 is 1.28 bits per heavy atom. The number of nitrogens with two attached hydrogens (primary N) is 1. The van der Waals surface area contributed by atoms with Crippen LogP contribution in [0.15, 0.2) is 36.7 Å². The van der Waals surface area contributed by atoms with E-state index in [-0.39, 0.29) is 17.4 Å². The van der Waals surface area contributed by atoms with Crippen LogP contribution in [0, 0.1) is 0 Å². The molecule has 0 fully saturated rings. The van der Waals surface area contributed by atoms with Gasteiger partial charge < -0.3 is 16.2 Å². The number of anilines is 1. The predicted octanol–water partition coefficient (Wildman–Crippen LogP) is 1.75. The molecule has 7 heteroatoms. The minimum atomic E-state index is -1.07. The lowest BCUT2D eigenvalue weighted by atomic mass is 9.79. The quantitative estimate of drug-likeness (QED) is 0.763. The molecule has 0 aliphatic heterocycles. The zero-order chi connectivity index (χ0) is 17.8. The van der Waals surface area contributed by atoms with Gasteiger partial charge in [-0.05, 0) is 42.7 Å². The fourth-order valence-electron chi connectivity index (χ4n) is 3.36. The number of nitrogens with one attached hydrogen (secondary N) is 1. The molecule has 2 unspecified atom stereocenters. The maximum atomic E-state index is 12.3. The number of hydrogen-bond donors (Lipinski definition) is 3. The van der Waals surface area contributed by atoms with Crippen LogP contribution >= 0.6 is 0 Å². The van der Waals surface area contributed by atoms with Crippen LogP contribution in [0.25, 0.3) is 0 Å². The van der Waals surface area contributed by atoms with E-state index in [0.717, 1.165) is 19.3 Å². The molecule has 2 atom stereocenters. The summed E-state index contributed by atoms with van der Waals surface area (Å²) < 4.78 is 0. The van der Waals surface area contributed by atoms with E-state index in [1.165, 1.54) is 23.5 Å². The van der Waals surface area contributed by atoms with Crippen molar-refractivity contribution in [1.29, 1.82) is 0 Å². The normalized spacial score (nSPS) is 17.4. The van der Waals surface area contributed by atoms with E-state index in [1.54, 1.807) is 0 Å². The van der Waals surface area contributed by atoms with Crippen LogP contribution in [0.5, 0.6) is 0 Å². The number of nitrogens with zero attached hydrogens (tertiary/aromatic N) is 2. The highest BCUT2D eigenvalue weighted by molar-refractivity contribution is 5.98. The van der Waals surface area contributed by atoms with Gasteiger partial charge in [0.1, 0.15) is 6.04 Å². The van der Waals surface area contributed by atoms with Gasteiger partial charge in [-0.2, -0.15) is 0 Å². The van der Waals surface area contributed by atoms with Gasteiger partial charge in [-0.3, -0.25) is 4.79 Å². The molecule has 4 N–H and O–H groups in total. The van der Waals surface area contributed by atoms with Gasteiger partial charge in [0.15, 0.2) is 11.5 Å². The van der Waals surface area contributed by atoms with Gasteiger partial charge in [-0.15, -0.1) is 0 Å². The first-order valence-electron chi connectivity index (χ1n) is 8.24. The minimum Gasteiger partial charge on any atom is -0.480 e. The number of hydrogen-bond acceptors (Lipinski definition) is 5. The third-order valence-electron chi connectivity index (χ3n) is 4.56. The lowest BCUT2D eigenvalue weighted by Gasteiger charge is -2.28. The fraction of sp³-hybridized carbons (Fsp3) is 0.333. The number of aromatic nitrogens is 2. The number of carbonyl (C=O) groups excluding carboxylic acids is 1. The summed E-state index contributed by atoms with van der Waals surface area (Å²) in [5.41, 5.74) is 8.01. The summed E-state index contributed by atoms with van der Waals surface area (Å²) >= 11 is 0. The fourth-order valence-corrected chi connectivity index (χ4v) is 3.36. The molecule has 130 valence electrons. The third-order valence-corrected chi connectivity index (χ3v) is 4.56. The van der Waals surface area contributed by atoms with Gasteiger partial charge in [0.25, 0.3) is 5.91 Å². The topological polar surface area (TPSA) is 118 Å². The Balaban J connectivity index is 1.76. The molecule has 1 aliphatic rings. The minimum absolute atomic E-state index is 0.0212. The van der Waals surface area contributed by atoms with Crippen molar-refractivity contribution in [3.05, 3.63) is 53.5 Å². The first kappa shape index (κ1) is 16.9. The molecule has 0 bridgehead atoms. The maximum absolute atomic E-state index is 12.3. The molecule has 1 aromatic heterocycles. The van der Waals surface area contributed by atoms with Gasteiger partial charge >= 0.3 is 5.97 Å². The number of aliphatic carboxylic acids is 1. The van der Waals surface area contributed by atoms with Crippen molar-refractivity contribution in [1.82, 2.24) is 15.3 Å². The van der Waals surface area contributed by atoms with E-state index >= 15 is 0 Å². The Morgan fingerprint density at radius 2 is 2.04 bits per heavy atom. The van der Waals surface area contributed by atoms with Crippen LogP contribution < -0.4 is 11.1 Å². The summed E-state index contributed by atoms with van der Waals surface area (Å²) in [6.45, 7) is 0. The highest BCUT2D eigenvalue weighted by atomic mass is 16.4. The number of carboxylic acids is 1. The van der Waals surface area contributed by atoms with Gasteiger partial charge in [0.05, 0.1) is 0 Å². The second-order valence-corrected chi connectivity index (χ2v) is 6.18. The van der Waals surface area contributed by atoms with Crippen molar-refractivity contribution < 1.29 is 14.7 Å². The van der Waals surface area contributed by atoms with Gasteiger partial charge in [-0.25, -0.2) is 14.8 Å². The molecule has 0 spiro atoms. The number of carbonyl (C=O) groups is 2. The van der Waals surface area contributed by atoms with E-state index in [9.17, 15) is 14.7 Å². The monoisotopic (exact) mass is 340 g/mol. The zero-order valence-electron chi connectivity index (χ0n) is 13.7. The van der Waals surface area contributed by atoms with Crippen LogP contribution in [0.3, 0.4) is 0 Å². The Labute approximate surface area is 145 Å². The molecule has 7 nitrogen and oxygen atoms in total. The summed E-state index contributed by atoms with van der Waals surface area (Å²) in [6.07, 6.45) is 5.98. The molecular weight excluding hydrogens is 320 g/mol. The molecule has 1 heterocycles.